The first-order valence-electron chi connectivity index (χ1n) is 7.68. The van der Waals surface area contributed by atoms with Gasteiger partial charge in [-0.1, -0.05) is 6.07 Å². The zero-order chi connectivity index (χ0) is 16.4. The molecular weight excluding hydrogens is 305 g/mol. The minimum Gasteiger partial charge on any atom is -0.338 e. The Morgan fingerprint density at radius 2 is 2.17 bits per heavy atom. The molecule has 1 atom stereocenters. The molecular formula is C16H19F3N4. The molecule has 0 unspecified atom stereocenters. The van der Waals surface area contributed by atoms with Gasteiger partial charge in [0.25, 0.3) is 0 Å². The fraction of sp³-hybridized carbons (Fsp3) is 0.500. The van der Waals surface area contributed by atoms with Crippen LogP contribution < -0.4 is 0 Å². The summed E-state index contributed by atoms with van der Waals surface area (Å²) in [7, 11) is 0. The van der Waals surface area contributed by atoms with Gasteiger partial charge in [0, 0.05) is 25.2 Å². The normalized spacial score (nSPS) is 19.9. The van der Waals surface area contributed by atoms with Crippen molar-refractivity contribution >= 4 is 0 Å². The second-order valence-electron chi connectivity index (χ2n) is 6.02. The fourth-order valence-electron chi connectivity index (χ4n) is 3.01. The van der Waals surface area contributed by atoms with Crippen LogP contribution in [0, 0.1) is 6.92 Å². The first kappa shape index (κ1) is 16.0. The zero-order valence-electron chi connectivity index (χ0n) is 12.9. The van der Waals surface area contributed by atoms with Crippen LogP contribution in [0.4, 0.5) is 13.2 Å². The van der Waals surface area contributed by atoms with Crippen LogP contribution in [0.2, 0.25) is 0 Å². The predicted octanol–water partition coefficient (Wildman–Crippen LogP) is 3.51. The van der Waals surface area contributed by atoms with E-state index in [1.165, 1.54) is 0 Å². The summed E-state index contributed by atoms with van der Waals surface area (Å²) in [5.41, 5.74) is 1.38. The number of piperidine rings is 1. The summed E-state index contributed by atoms with van der Waals surface area (Å²) < 4.78 is 38.1. The smallest absolute Gasteiger partial charge is 0.338 e. The van der Waals surface area contributed by atoms with E-state index in [1.54, 1.807) is 6.20 Å². The van der Waals surface area contributed by atoms with Crippen molar-refractivity contribution in [1.29, 1.82) is 0 Å². The first-order valence-corrected chi connectivity index (χ1v) is 7.68. The second kappa shape index (κ2) is 6.31. The van der Waals surface area contributed by atoms with Crippen LogP contribution in [0.25, 0.3) is 0 Å². The van der Waals surface area contributed by atoms with Gasteiger partial charge in [-0.15, -0.1) is 0 Å². The molecule has 1 aliphatic heterocycles. The van der Waals surface area contributed by atoms with Gasteiger partial charge in [0.1, 0.15) is 11.5 Å². The van der Waals surface area contributed by atoms with Crippen molar-refractivity contribution in [3.8, 4) is 0 Å². The monoisotopic (exact) mass is 324 g/mol. The number of hydrogen-bond donors (Lipinski definition) is 1. The lowest BCUT2D eigenvalue weighted by Gasteiger charge is -2.31. The van der Waals surface area contributed by atoms with Gasteiger partial charge < -0.3 is 4.98 Å². The summed E-state index contributed by atoms with van der Waals surface area (Å²) in [6.45, 7) is 4.36. The van der Waals surface area contributed by atoms with E-state index in [1.807, 2.05) is 19.1 Å². The number of alkyl halides is 3. The molecule has 0 bridgehead atoms. The number of nitrogens with zero attached hydrogens (tertiary/aromatic N) is 3. The standard InChI is InChI=1S/C16H19F3N4/c1-11-4-2-6-20-13(11)10-23-7-3-5-12(9-23)15-21-8-14(22-15)16(17,18)19/h2,4,6,8,12H,3,5,7,9-10H2,1H3,(H,21,22)/t12-/m0/s1. The van der Waals surface area contributed by atoms with Crippen LogP contribution in [0.3, 0.4) is 0 Å². The Hall–Kier alpha value is -1.89. The maximum atomic E-state index is 12.7. The summed E-state index contributed by atoms with van der Waals surface area (Å²) in [5, 5.41) is 0. The topological polar surface area (TPSA) is 44.8 Å². The third-order valence-corrected chi connectivity index (χ3v) is 4.28. The van der Waals surface area contributed by atoms with Gasteiger partial charge in [0.2, 0.25) is 0 Å². The molecule has 3 heterocycles. The van der Waals surface area contributed by atoms with Crippen LogP contribution in [0.5, 0.6) is 0 Å². The Morgan fingerprint density at radius 1 is 1.35 bits per heavy atom. The Labute approximate surface area is 132 Å². The average Bonchev–Trinajstić information content (AvgIpc) is 3.00. The van der Waals surface area contributed by atoms with Crippen molar-refractivity contribution in [2.24, 2.45) is 0 Å². The maximum absolute atomic E-state index is 12.7. The summed E-state index contributed by atoms with van der Waals surface area (Å²) >= 11 is 0. The lowest BCUT2D eigenvalue weighted by atomic mass is 9.97. The number of imidazole rings is 1. The van der Waals surface area contributed by atoms with E-state index in [9.17, 15) is 13.2 Å². The van der Waals surface area contributed by atoms with Gasteiger partial charge >= 0.3 is 6.18 Å². The number of aryl methyl sites for hydroxylation is 1. The van der Waals surface area contributed by atoms with Crippen molar-refractivity contribution < 1.29 is 13.2 Å². The van der Waals surface area contributed by atoms with E-state index in [4.69, 9.17) is 0 Å². The molecule has 0 aromatic carbocycles. The molecule has 4 nitrogen and oxygen atoms in total. The van der Waals surface area contributed by atoms with Crippen LogP contribution in [0.15, 0.2) is 24.5 Å². The summed E-state index contributed by atoms with van der Waals surface area (Å²) in [4.78, 5) is 13.0. The Balaban J connectivity index is 1.69. The quantitative estimate of drug-likeness (QED) is 0.940. The summed E-state index contributed by atoms with van der Waals surface area (Å²) in [6, 6.07) is 3.92. The Bertz CT molecular complexity index is 665. The van der Waals surface area contributed by atoms with Crippen LogP contribution in [-0.2, 0) is 12.7 Å². The Morgan fingerprint density at radius 3 is 2.87 bits per heavy atom. The number of aromatic amines is 1. The largest absolute Gasteiger partial charge is 0.432 e. The maximum Gasteiger partial charge on any atom is 0.432 e. The van der Waals surface area contributed by atoms with Crippen LogP contribution in [-0.4, -0.2) is 32.9 Å². The Kier molecular flexibility index (Phi) is 4.39. The van der Waals surface area contributed by atoms with Crippen molar-refractivity contribution in [2.75, 3.05) is 13.1 Å². The highest BCUT2D eigenvalue weighted by Crippen LogP contribution is 2.31. The molecule has 7 heteroatoms. The molecule has 1 aliphatic rings. The minimum absolute atomic E-state index is 0.00358. The van der Waals surface area contributed by atoms with Gasteiger partial charge in [-0.25, -0.2) is 4.98 Å². The second-order valence-corrected chi connectivity index (χ2v) is 6.02. The number of nitrogens with one attached hydrogen (secondary N) is 1. The third-order valence-electron chi connectivity index (χ3n) is 4.28. The number of halogens is 3. The molecule has 0 spiro atoms. The summed E-state index contributed by atoms with van der Waals surface area (Å²) in [6.07, 6.45) is 0.0782. The fourth-order valence-corrected chi connectivity index (χ4v) is 3.01. The lowest BCUT2D eigenvalue weighted by Crippen LogP contribution is -2.34. The minimum atomic E-state index is -4.37. The molecule has 0 aliphatic carbocycles. The van der Waals surface area contributed by atoms with E-state index in [2.05, 4.69) is 19.9 Å². The van der Waals surface area contributed by atoms with Crippen molar-refractivity contribution in [3.05, 3.63) is 47.3 Å². The summed E-state index contributed by atoms with van der Waals surface area (Å²) in [5.74, 6) is 0.434. The third kappa shape index (κ3) is 3.72. The molecule has 2 aromatic heterocycles. The van der Waals surface area contributed by atoms with Crippen molar-refractivity contribution in [3.63, 3.8) is 0 Å². The highest BCUT2D eigenvalue weighted by atomic mass is 19.4. The highest BCUT2D eigenvalue weighted by Gasteiger charge is 2.34. The van der Waals surface area contributed by atoms with Crippen molar-refractivity contribution in [2.45, 2.75) is 38.4 Å². The predicted molar refractivity (Wildman–Crippen MR) is 79.8 cm³/mol. The first-order chi connectivity index (χ1) is 10.9. The van der Waals surface area contributed by atoms with Gasteiger partial charge in [-0.3, -0.25) is 9.88 Å². The number of rotatable bonds is 3. The molecule has 0 radical (unpaired) electrons. The van der Waals surface area contributed by atoms with Gasteiger partial charge in [-0.05, 0) is 37.9 Å². The van der Waals surface area contributed by atoms with Crippen molar-refractivity contribution in [1.82, 2.24) is 19.9 Å². The molecule has 124 valence electrons. The molecule has 3 rings (SSSR count). The number of pyridine rings is 1. The van der Waals surface area contributed by atoms with Crippen LogP contribution in [0.1, 0.15) is 41.5 Å². The molecule has 1 saturated heterocycles. The number of hydrogen-bond acceptors (Lipinski definition) is 3. The molecule has 23 heavy (non-hydrogen) atoms. The van der Waals surface area contributed by atoms with E-state index in [0.717, 1.165) is 43.4 Å². The van der Waals surface area contributed by atoms with Crippen LogP contribution >= 0.6 is 0 Å². The number of likely N-dealkylation sites (tertiary alicyclic amines) is 1. The highest BCUT2D eigenvalue weighted by molar-refractivity contribution is 5.18. The van der Waals surface area contributed by atoms with E-state index >= 15 is 0 Å². The molecule has 0 amide bonds. The zero-order valence-corrected chi connectivity index (χ0v) is 12.9. The van der Waals surface area contributed by atoms with E-state index in [0.29, 0.717) is 12.4 Å². The molecule has 0 saturated carbocycles. The molecule has 1 fully saturated rings. The number of aromatic nitrogens is 3. The molecule has 1 N–H and O–H groups in total. The molecule has 2 aromatic rings. The average molecular weight is 324 g/mol. The van der Waals surface area contributed by atoms with E-state index in [-0.39, 0.29) is 5.92 Å². The van der Waals surface area contributed by atoms with Gasteiger partial charge in [0.15, 0.2) is 0 Å². The number of H-pyrrole nitrogens is 1. The lowest BCUT2D eigenvalue weighted by molar-refractivity contribution is -0.141. The SMILES string of the molecule is Cc1cccnc1CN1CCC[C@H](c2ncc(C(F)(F)F)[nH]2)C1. The van der Waals surface area contributed by atoms with Gasteiger partial charge in [0.05, 0.1) is 11.9 Å². The van der Waals surface area contributed by atoms with E-state index < -0.39 is 11.9 Å². The van der Waals surface area contributed by atoms with Gasteiger partial charge in [-0.2, -0.15) is 13.2 Å².